The van der Waals surface area contributed by atoms with E-state index in [1.54, 1.807) is 24.3 Å². The molecule has 0 bridgehead atoms. The number of carbonyl (C=O) groups is 1. The average Bonchev–Trinajstić information content (AvgIpc) is 3.00. The lowest BCUT2D eigenvalue weighted by atomic mass is 10.1. The van der Waals surface area contributed by atoms with Crippen LogP contribution in [0.4, 0.5) is 5.69 Å². The van der Waals surface area contributed by atoms with Crippen molar-refractivity contribution in [3.8, 4) is 17.2 Å². The van der Waals surface area contributed by atoms with E-state index in [0.29, 0.717) is 22.0 Å². The van der Waals surface area contributed by atoms with Crippen molar-refractivity contribution in [2.75, 3.05) is 14.2 Å². The minimum atomic E-state index is -0.596. The van der Waals surface area contributed by atoms with Gasteiger partial charge in [-0.1, -0.05) is 11.8 Å². The van der Waals surface area contributed by atoms with E-state index in [0.717, 1.165) is 35.1 Å². The normalized spacial score (nSPS) is 15.3. The van der Waals surface area contributed by atoms with Crippen LogP contribution < -0.4 is 9.47 Å². The standard InChI is InChI=1S/C19H15N3O6S2/c1-27-14-5-3-11(16(9-14)28-2)8-17-18(24)21(19(29)30-17)20-10-12-7-13(22(25)26)4-6-15(12)23/h3-10,23H,1-2H3/b17-8-,20-10-. The van der Waals surface area contributed by atoms with E-state index in [-0.39, 0.29) is 21.3 Å². The van der Waals surface area contributed by atoms with Crippen LogP contribution in [0.5, 0.6) is 17.2 Å². The predicted octanol–water partition coefficient (Wildman–Crippen LogP) is 3.55. The molecule has 1 aliphatic rings. The third-order valence-electron chi connectivity index (χ3n) is 4.03. The molecule has 0 saturated carbocycles. The number of benzene rings is 2. The van der Waals surface area contributed by atoms with E-state index in [9.17, 15) is 20.0 Å². The molecule has 0 radical (unpaired) electrons. The van der Waals surface area contributed by atoms with Gasteiger partial charge in [0, 0.05) is 29.3 Å². The summed E-state index contributed by atoms with van der Waals surface area (Å²) in [7, 11) is 3.05. The first-order chi connectivity index (χ1) is 14.3. The van der Waals surface area contributed by atoms with Crippen LogP contribution in [0, 0.1) is 10.1 Å². The number of nitro benzene ring substituents is 1. The highest BCUT2D eigenvalue weighted by Gasteiger charge is 2.32. The number of thiocarbonyl (C=S) groups is 1. The minimum Gasteiger partial charge on any atom is -0.507 e. The lowest BCUT2D eigenvalue weighted by Gasteiger charge is -2.08. The van der Waals surface area contributed by atoms with Crippen molar-refractivity contribution in [2.24, 2.45) is 5.10 Å². The van der Waals surface area contributed by atoms with E-state index in [1.165, 1.54) is 20.3 Å². The second-order valence-electron chi connectivity index (χ2n) is 5.85. The van der Waals surface area contributed by atoms with Crippen LogP contribution >= 0.6 is 24.0 Å². The minimum absolute atomic E-state index is 0.0825. The van der Waals surface area contributed by atoms with Crippen LogP contribution in [-0.4, -0.2) is 45.7 Å². The number of hydrogen-bond acceptors (Lipinski definition) is 9. The van der Waals surface area contributed by atoms with E-state index in [1.807, 2.05) is 0 Å². The summed E-state index contributed by atoms with van der Waals surface area (Å²) in [6, 6.07) is 8.66. The Morgan fingerprint density at radius 2 is 1.97 bits per heavy atom. The highest BCUT2D eigenvalue weighted by molar-refractivity contribution is 8.26. The Morgan fingerprint density at radius 1 is 1.20 bits per heavy atom. The number of aromatic hydroxyl groups is 1. The van der Waals surface area contributed by atoms with Gasteiger partial charge in [-0.05, 0) is 36.5 Å². The maximum absolute atomic E-state index is 12.7. The number of ether oxygens (including phenoxy) is 2. The number of non-ortho nitro benzene ring substituents is 1. The summed E-state index contributed by atoms with van der Waals surface area (Å²) in [5, 5.41) is 25.8. The van der Waals surface area contributed by atoms with Gasteiger partial charge >= 0.3 is 0 Å². The topological polar surface area (TPSA) is 115 Å². The zero-order valence-corrected chi connectivity index (χ0v) is 17.4. The van der Waals surface area contributed by atoms with Crippen LogP contribution in [0.2, 0.25) is 0 Å². The van der Waals surface area contributed by atoms with Crippen molar-refractivity contribution in [1.29, 1.82) is 0 Å². The lowest BCUT2D eigenvalue weighted by Crippen LogP contribution is -2.22. The second kappa shape index (κ2) is 8.93. The fourth-order valence-corrected chi connectivity index (χ4v) is 3.68. The maximum Gasteiger partial charge on any atom is 0.286 e. The Labute approximate surface area is 180 Å². The number of phenolic OH excluding ortho intramolecular Hbond substituents is 1. The molecule has 0 unspecified atom stereocenters. The fourth-order valence-electron chi connectivity index (χ4n) is 2.52. The second-order valence-corrected chi connectivity index (χ2v) is 7.52. The molecule has 9 nitrogen and oxygen atoms in total. The smallest absolute Gasteiger partial charge is 0.286 e. The zero-order valence-electron chi connectivity index (χ0n) is 15.8. The van der Waals surface area contributed by atoms with Crippen molar-refractivity contribution >= 4 is 52.2 Å². The first kappa shape index (κ1) is 21.3. The quantitative estimate of drug-likeness (QED) is 0.236. The van der Waals surface area contributed by atoms with Crippen molar-refractivity contribution in [3.05, 3.63) is 62.5 Å². The number of methoxy groups -OCH3 is 2. The molecule has 0 aliphatic carbocycles. The first-order valence-electron chi connectivity index (χ1n) is 8.35. The molecule has 0 atom stereocenters. The van der Waals surface area contributed by atoms with Gasteiger partial charge in [0.25, 0.3) is 11.6 Å². The van der Waals surface area contributed by atoms with E-state index < -0.39 is 10.8 Å². The van der Waals surface area contributed by atoms with Gasteiger partial charge in [0.2, 0.25) is 0 Å². The molecule has 2 aromatic rings. The molecule has 30 heavy (non-hydrogen) atoms. The summed E-state index contributed by atoms with van der Waals surface area (Å²) < 4.78 is 10.7. The summed E-state index contributed by atoms with van der Waals surface area (Å²) in [6.07, 6.45) is 2.77. The Morgan fingerprint density at radius 3 is 2.63 bits per heavy atom. The van der Waals surface area contributed by atoms with Crippen LogP contribution in [0.1, 0.15) is 11.1 Å². The molecular formula is C19H15N3O6S2. The van der Waals surface area contributed by atoms with Gasteiger partial charge in [0.05, 0.1) is 30.3 Å². The molecule has 0 aromatic heterocycles. The number of hydrogen-bond donors (Lipinski definition) is 1. The molecule has 0 spiro atoms. The van der Waals surface area contributed by atoms with Crippen molar-refractivity contribution in [3.63, 3.8) is 0 Å². The van der Waals surface area contributed by atoms with Gasteiger partial charge in [-0.25, -0.2) is 0 Å². The molecule has 11 heteroatoms. The van der Waals surface area contributed by atoms with Gasteiger partial charge in [-0.3, -0.25) is 14.9 Å². The third kappa shape index (κ3) is 4.42. The molecule has 2 aromatic carbocycles. The Hall–Kier alpha value is -3.44. The van der Waals surface area contributed by atoms with E-state index >= 15 is 0 Å². The van der Waals surface area contributed by atoms with Crippen LogP contribution in [0.25, 0.3) is 6.08 Å². The molecule has 1 fully saturated rings. The Bertz CT molecular complexity index is 1100. The number of hydrazone groups is 1. The summed E-state index contributed by atoms with van der Waals surface area (Å²) in [5.74, 6) is 0.444. The van der Waals surface area contributed by atoms with Gasteiger partial charge in [0.15, 0.2) is 4.32 Å². The van der Waals surface area contributed by atoms with Gasteiger partial charge in [-0.15, -0.1) is 0 Å². The number of nitro groups is 1. The number of thioether (sulfide) groups is 1. The molecule has 1 N–H and O–H groups in total. The Balaban J connectivity index is 1.87. The highest BCUT2D eigenvalue weighted by Crippen LogP contribution is 2.35. The largest absolute Gasteiger partial charge is 0.507 e. The SMILES string of the molecule is COc1ccc(/C=C2\SC(=S)N(/N=C\c3cc([N+](=O)[O-])ccc3O)C2=O)c(OC)c1. The number of amides is 1. The van der Waals surface area contributed by atoms with Crippen LogP contribution in [0.3, 0.4) is 0 Å². The van der Waals surface area contributed by atoms with Crippen molar-refractivity contribution in [2.45, 2.75) is 0 Å². The zero-order chi connectivity index (χ0) is 21.8. The van der Waals surface area contributed by atoms with E-state index in [4.69, 9.17) is 21.7 Å². The number of nitrogens with zero attached hydrogens (tertiary/aromatic N) is 3. The summed E-state index contributed by atoms with van der Waals surface area (Å²) >= 11 is 6.27. The average molecular weight is 445 g/mol. The molecule has 1 aliphatic heterocycles. The number of rotatable bonds is 6. The van der Waals surface area contributed by atoms with Gasteiger partial charge in [-0.2, -0.15) is 10.1 Å². The van der Waals surface area contributed by atoms with E-state index in [2.05, 4.69) is 5.10 Å². The fraction of sp³-hybridized carbons (Fsp3) is 0.105. The first-order valence-corrected chi connectivity index (χ1v) is 9.58. The molecule has 1 saturated heterocycles. The highest BCUT2D eigenvalue weighted by atomic mass is 32.2. The maximum atomic E-state index is 12.7. The van der Waals surface area contributed by atoms with Crippen molar-refractivity contribution < 1.29 is 24.3 Å². The number of phenols is 1. The van der Waals surface area contributed by atoms with Gasteiger partial charge in [0.1, 0.15) is 17.2 Å². The summed E-state index contributed by atoms with van der Waals surface area (Å²) in [6.45, 7) is 0. The molecule has 3 rings (SSSR count). The molecule has 1 heterocycles. The number of carbonyl (C=O) groups excluding carboxylic acids is 1. The lowest BCUT2D eigenvalue weighted by molar-refractivity contribution is -0.384. The third-order valence-corrected chi connectivity index (χ3v) is 5.32. The predicted molar refractivity (Wildman–Crippen MR) is 117 cm³/mol. The molecule has 1 amide bonds. The van der Waals surface area contributed by atoms with Crippen LogP contribution in [0.15, 0.2) is 46.4 Å². The summed E-state index contributed by atoms with van der Waals surface area (Å²) in [5.41, 5.74) is 0.518. The molecular weight excluding hydrogens is 430 g/mol. The van der Waals surface area contributed by atoms with Crippen LogP contribution in [-0.2, 0) is 4.79 Å². The molecule has 154 valence electrons. The summed E-state index contributed by atoms with van der Waals surface area (Å²) in [4.78, 5) is 23.4. The van der Waals surface area contributed by atoms with Gasteiger partial charge < -0.3 is 14.6 Å². The Kier molecular flexibility index (Phi) is 6.33. The monoisotopic (exact) mass is 445 g/mol. The van der Waals surface area contributed by atoms with Crippen molar-refractivity contribution in [1.82, 2.24) is 5.01 Å².